The Morgan fingerprint density at radius 3 is 3.00 bits per heavy atom. The molecule has 0 aromatic carbocycles. The number of morpholine rings is 1. The number of rotatable bonds is 5. The molecule has 0 bridgehead atoms. The number of nitrogens with one attached hydrogen (secondary N) is 1. The average Bonchev–Trinajstić information content (AvgIpc) is 2.62. The lowest BCUT2D eigenvalue weighted by molar-refractivity contribution is -0.151. The summed E-state index contributed by atoms with van der Waals surface area (Å²) in [6.45, 7) is 5.53. The van der Waals surface area contributed by atoms with Gasteiger partial charge in [-0.05, 0) is 12.1 Å². The van der Waals surface area contributed by atoms with Crippen molar-refractivity contribution in [1.29, 1.82) is 0 Å². The van der Waals surface area contributed by atoms with Crippen LogP contribution in [0.3, 0.4) is 0 Å². The molecule has 3 heterocycles. The normalized spacial score (nSPS) is 26.6. The van der Waals surface area contributed by atoms with Gasteiger partial charge >= 0.3 is 0 Å². The second-order valence-corrected chi connectivity index (χ2v) is 5.53. The number of carbonyl (C=O) groups is 1. The number of aromatic nitrogens is 1. The molecule has 7 nitrogen and oxygen atoms in total. The Bertz CT molecular complexity index is 481. The fourth-order valence-electron chi connectivity index (χ4n) is 3.08. The van der Waals surface area contributed by atoms with E-state index in [-0.39, 0.29) is 0 Å². The zero-order valence-electron chi connectivity index (χ0n) is 12.6. The van der Waals surface area contributed by atoms with Crippen molar-refractivity contribution in [3.63, 3.8) is 0 Å². The molecule has 0 spiro atoms. The van der Waals surface area contributed by atoms with Gasteiger partial charge in [0, 0.05) is 38.9 Å². The number of amides is 1. The molecule has 2 aliphatic heterocycles. The van der Waals surface area contributed by atoms with Crippen LogP contribution in [0.4, 0.5) is 0 Å². The third-order valence-corrected chi connectivity index (χ3v) is 4.30. The molecule has 2 fully saturated rings. The molecule has 0 aliphatic carbocycles. The van der Waals surface area contributed by atoms with Crippen molar-refractivity contribution >= 4 is 6.41 Å². The highest BCUT2D eigenvalue weighted by Gasteiger charge is 2.45. The molecule has 22 heavy (non-hydrogen) atoms. The van der Waals surface area contributed by atoms with Crippen LogP contribution >= 0.6 is 0 Å². The maximum atomic E-state index is 11.6. The first kappa shape index (κ1) is 15.2. The van der Waals surface area contributed by atoms with Crippen molar-refractivity contribution in [1.82, 2.24) is 20.1 Å². The van der Waals surface area contributed by atoms with Crippen LogP contribution in [-0.4, -0.2) is 79.4 Å². The Hall–Kier alpha value is -1.70. The molecule has 1 atom stereocenters. The van der Waals surface area contributed by atoms with E-state index in [0.29, 0.717) is 38.7 Å². The SMILES string of the molecule is O=CN1CCNCC1(COc1cccnc1)N1CCOCC1. The fraction of sp³-hybridized carbons (Fsp3) is 0.600. The van der Waals surface area contributed by atoms with Gasteiger partial charge in [0.1, 0.15) is 18.0 Å². The Morgan fingerprint density at radius 2 is 2.27 bits per heavy atom. The second-order valence-electron chi connectivity index (χ2n) is 5.53. The monoisotopic (exact) mass is 306 g/mol. The van der Waals surface area contributed by atoms with Gasteiger partial charge in [-0.25, -0.2) is 0 Å². The van der Waals surface area contributed by atoms with Crippen LogP contribution in [0.1, 0.15) is 0 Å². The summed E-state index contributed by atoms with van der Waals surface area (Å²) in [7, 11) is 0. The fourth-order valence-corrected chi connectivity index (χ4v) is 3.08. The van der Waals surface area contributed by atoms with Gasteiger partial charge in [0.2, 0.25) is 6.41 Å². The summed E-state index contributed by atoms with van der Waals surface area (Å²) >= 11 is 0. The number of ether oxygens (including phenoxy) is 2. The smallest absolute Gasteiger partial charge is 0.211 e. The van der Waals surface area contributed by atoms with Crippen molar-refractivity contribution in [3.8, 4) is 5.75 Å². The summed E-state index contributed by atoms with van der Waals surface area (Å²) in [5, 5.41) is 3.39. The first-order valence-electron chi connectivity index (χ1n) is 7.63. The zero-order valence-corrected chi connectivity index (χ0v) is 12.6. The molecule has 7 heteroatoms. The number of pyridine rings is 1. The molecule has 1 N–H and O–H groups in total. The van der Waals surface area contributed by atoms with Crippen LogP contribution in [0.15, 0.2) is 24.5 Å². The average molecular weight is 306 g/mol. The summed E-state index contributed by atoms with van der Waals surface area (Å²) < 4.78 is 11.4. The van der Waals surface area contributed by atoms with E-state index >= 15 is 0 Å². The number of hydrogen-bond donors (Lipinski definition) is 1. The molecule has 2 saturated heterocycles. The Morgan fingerprint density at radius 1 is 1.41 bits per heavy atom. The minimum Gasteiger partial charge on any atom is -0.488 e. The molecule has 2 aliphatic rings. The molecule has 1 amide bonds. The van der Waals surface area contributed by atoms with Crippen LogP contribution in [0.5, 0.6) is 5.75 Å². The molecule has 3 rings (SSSR count). The van der Waals surface area contributed by atoms with Gasteiger partial charge in [-0.15, -0.1) is 0 Å². The van der Waals surface area contributed by atoms with E-state index in [4.69, 9.17) is 9.47 Å². The van der Waals surface area contributed by atoms with Gasteiger partial charge in [0.15, 0.2) is 0 Å². The maximum Gasteiger partial charge on any atom is 0.211 e. The minimum atomic E-state index is -0.473. The van der Waals surface area contributed by atoms with E-state index in [1.54, 1.807) is 12.4 Å². The first-order valence-corrected chi connectivity index (χ1v) is 7.63. The molecule has 0 radical (unpaired) electrons. The number of nitrogens with zero attached hydrogens (tertiary/aromatic N) is 3. The summed E-state index contributed by atoms with van der Waals surface area (Å²) in [4.78, 5) is 19.8. The van der Waals surface area contributed by atoms with E-state index in [0.717, 1.165) is 26.0 Å². The summed E-state index contributed by atoms with van der Waals surface area (Å²) in [6, 6.07) is 3.72. The number of piperazine rings is 1. The third kappa shape index (κ3) is 3.06. The zero-order chi connectivity index (χ0) is 15.3. The summed E-state index contributed by atoms with van der Waals surface area (Å²) in [5.74, 6) is 0.714. The molecule has 1 aromatic rings. The van der Waals surface area contributed by atoms with E-state index in [1.165, 1.54) is 0 Å². The molecule has 0 saturated carbocycles. The maximum absolute atomic E-state index is 11.6. The van der Waals surface area contributed by atoms with E-state index in [1.807, 2.05) is 17.0 Å². The Labute approximate surface area is 130 Å². The van der Waals surface area contributed by atoms with Crippen LogP contribution < -0.4 is 10.1 Å². The number of hydrogen-bond acceptors (Lipinski definition) is 6. The summed E-state index contributed by atoms with van der Waals surface area (Å²) in [6.07, 6.45) is 4.34. The van der Waals surface area contributed by atoms with E-state index < -0.39 is 5.66 Å². The predicted molar refractivity (Wildman–Crippen MR) is 80.5 cm³/mol. The van der Waals surface area contributed by atoms with Crippen molar-refractivity contribution in [2.45, 2.75) is 5.66 Å². The second kappa shape index (κ2) is 7.04. The first-order chi connectivity index (χ1) is 10.8. The minimum absolute atomic E-state index is 0.407. The van der Waals surface area contributed by atoms with Crippen LogP contribution in [0, 0.1) is 0 Å². The molecular weight excluding hydrogens is 284 g/mol. The van der Waals surface area contributed by atoms with Gasteiger partial charge in [0.05, 0.1) is 19.4 Å². The summed E-state index contributed by atoms with van der Waals surface area (Å²) in [5.41, 5.74) is -0.473. The molecule has 1 unspecified atom stereocenters. The van der Waals surface area contributed by atoms with Gasteiger partial charge < -0.3 is 19.7 Å². The van der Waals surface area contributed by atoms with Crippen LogP contribution in [0.2, 0.25) is 0 Å². The Balaban J connectivity index is 1.79. The highest BCUT2D eigenvalue weighted by Crippen LogP contribution is 2.24. The standard InChI is InChI=1S/C15H22N4O3/c20-13-19-5-4-17-11-15(19,18-6-8-21-9-7-18)12-22-14-2-1-3-16-10-14/h1-3,10,13,17H,4-9,11-12H2. The Kier molecular flexibility index (Phi) is 4.87. The van der Waals surface area contributed by atoms with Crippen molar-refractivity contribution < 1.29 is 14.3 Å². The number of carbonyl (C=O) groups excluding carboxylic acids is 1. The van der Waals surface area contributed by atoms with Gasteiger partial charge in [-0.3, -0.25) is 14.7 Å². The van der Waals surface area contributed by atoms with Crippen molar-refractivity contribution in [2.24, 2.45) is 0 Å². The van der Waals surface area contributed by atoms with Gasteiger partial charge in [-0.2, -0.15) is 0 Å². The lowest BCUT2D eigenvalue weighted by Crippen LogP contribution is -2.73. The lowest BCUT2D eigenvalue weighted by Gasteiger charge is -2.52. The highest BCUT2D eigenvalue weighted by atomic mass is 16.5. The van der Waals surface area contributed by atoms with Crippen molar-refractivity contribution in [2.75, 3.05) is 52.5 Å². The highest BCUT2D eigenvalue weighted by molar-refractivity contribution is 5.49. The predicted octanol–water partition coefficient (Wildman–Crippen LogP) is -0.449. The largest absolute Gasteiger partial charge is 0.488 e. The quantitative estimate of drug-likeness (QED) is 0.743. The molecule has 120 valence electrons. The molecule has 1 aromatic heterocycles. The van der Waals surface area contributed by atoms with Crippen LogP contribution in [0.25, 0.3) is 0 Å². The van der Waals surface area contributed by atoms with Gasteiger partial charge in [0.25, 0.3) is 0 Å². The topological polar surface area (TPSA) is 66.9 Å². The molecular formula is C15H22N4O3. The van der Waals surface area contributed by atoms with Gasteiger partial charge in [-0.1, -0.05) is 0 Å². The van der Waals surface area contributed by atoms with Crippen molar-refractivity contribution in [3.05, 3.63) is 24.5 Å². The third-order valence-electron chi connectivity index (χ3n) is 4.30. The lowest BCUT2D eigenvalue weighted by atomic mass is 10.0. The van der Waals surface area contributed by atoms with E-state index in [2.05, 4.69) is 15.2 Å². The van der Waals surface area contributed by atoms with Crippen LogP contribution in [-0.2, 0) is 9.53 Å². The van der Waals surface area contributed by atoms with E-state index in [9.17, 15) is 4.79 Å².